The Kier molecular flexibility index (Phi) is 5.68. The van der Waals surface area contributed by atoms with Crippen LogP contribution in [0.2, 0.25) is 0 Å². The van der Waals surface area contributed by atoms with Crippen molar-refractivity contribution in [2.45, 2.75) is 22.8 Å². The van der Waals surface area contributed by atoms with Crippen LogP contribution >= 0.6 is 11.8 Å². The summed E-state index contributed by atoms with van der Waals surface area (Å²) in [7, 11) is 0. The zero-order valence-electron chi connectivity index (χ0n) is 20.4. The van der Waals surface area contributed by atoms with Gasteiger partial charge in [-0.15, -0.1) is 0 Å². The highest BCUT2D eigenvalue weighted by molar-refractivity contribution is 8.16. The topological polar surface area (TPSA) is 114 Å². The van der Waals surface area contributed by atoms with Crippen LogP contribution in [0.25, 0.3) is 11.9 Å². The zero-order valence-corrected chi connectivity index (χ0v) is 21.2. The van der Waals surface area contributed by atoms with Crippen molar-refractivity contribution >= 4 is 34.7 Å². The molecule has 8 nitrogen and oxygen atoms in total. The molecule has 1 aromatic heterocycles. The Labute approximate surface area is 221 Å². The molecule has 1 aliphatic carbocycles. The second kappa shape index (κ2) is 8.73. The maximum absolute atomic E-state index is 15.3. The smallest absolute Gasteiger partial charge is 0.247 e. The van der Waals surface area contributed by atoms with E-state index in [4.69, 9.17) is 20.5 Å². The Bertz CT molecular complexity index is 1480. The minimum Gasteiger partial charge on any atom is -0.378 e. The van der Waals surface area contributed by atoms with Crippen LogP contribution in [-0.4, -0.2) is 64.2 Å². The first-order valence-corrected chi connectivity index (χ1v) is 12.8. The number of amides is 1. The van der Waals surface area contributed by atoms with Gasteiger partial charge >= 0.3 is 0 Å². The summed E-state index contributed by atoms with van der Waals surface area (Å²) in [5, 5.41) is 9.09. The lowest BCUT2D eigenvalue weighted by Crippen LogP contribution is -2.65. The number of morpholine rings is 1. The van der Waals surface area contributed by atoms with Crippen LogP contribution in [0.3, 0.4) is 0 Å². The lowest BCUT2D eigenvalue weighted by atomic mass is 9.85. The average molecular weight is 536 g/mol. The quantitative estimate of drug-likeness (QED) is 0.599. The van der Waals surface area contributed by atoms with Gasteiger partial charge in [-0.2, -0.15) is 5.26 Å². The molecule has 3 aliphatic heterocycles. The number of carbonyl (C=O) groups is 1. The van der Waals surface area contributed by atoms with Crippen molar-refractivity contribution in [3.8, 4) is 6.07 Å². The molecule has 2 fully saturated rings. The number of carbonyl (C=O) groups excluding carboxylic acids is 1. The van der Waals surface area contributed by atoms with Crippen molar-refractivity contribution in [3.05, 3.63) is 76.4 Å². The minimum atomic E-state index is -1.24. The van der Waals surface area contributed by atoms with Crippen molar-refractivity contribution in [2.75, 3.05) is 32.9 Å². The molecule has 0 bridgehead atoms. The van der Waals surface area contributed by atoms with E-state index in [-0.39, 0.29) is 22.3 Å². The van der Waals surface area contributed by atoms with Crippen LogP contribution in [0, 0.1) is 17.1 Å². The van der Waals surface area contributed by atoms with E-state index in [0.717, 1.165) is 11.8 Å². The number of amidine groups is 1. The van der Waals surface area contributed by atoms with Gasteiger partial charge in [-0.3, -0.25) is 9.78 Å². The van der Waals surface area contributed by atoms with Crippen molar-refractivity contribution < 1.29 is 23.0 Å². The second-order valence-corrected chi connectivity index (χ2v) is 11.2. The minimum absolute atomic E-state index is 0.0482. The van der Waals surface area contributed by atoms with Crippen molar-refractivity contribution in [3.63, 3.8) is 0 Å². The first kappa shape index (κ1) is 24.7. The zero-order chi connectivity index (χ0) is 26.7. The average Bonchev–Trinajstić information content (AvgIpc) is 3.65. The van der Waals surface area contributed by atoms with E-state index in [2.05, 4.69) is 9.98 Å². The van der Waals surface area contributed by atoms with Crippen molar-refractivity contribution in [1.82, 2.24) is 9.88 Å². The number of pyridine rings is 1. The van der Waals surface area contributed by atoms with Gasteiger partial charge < -0.3 is 20.1 Å². The molecule has 38 heavy (non-hydrogen) atoms. The number of aliphatic imine (C=N–C) groups is 1. The summed E-state index contributed by atoms with van der Waals surface area (Å²) in [6.45, 7) is 3.87. The Morgan fingerprint density at radius 2 is 2.13 bits per heavy atom. The summed E-state index contributed by atoms with van der Waals surface area (Å²) in [5.74, 6) is -1.32. The number of hydrogen-bond acceptors (Lipinski definition) is 8. The molecule has 1 amide bonds. The van der Waals surface area contributed by atoms with E-state index in [0.29, 0.717) is 49.6 Å². The third kappa shape index (κ3) is 3.91. The molecular formula is C27H23F2N5O3S. The number of nitrogens with two attached hydrogens (primary N) is 1. The Hall–Kier alpha value is -3.59. The number of ether oxygens (including phenoxy) is 2. The number of nitriles is 1. The molecular weight excluding hydrogens is 512 g/mol. The van der Waals surface area contributed by atoms with Crippen LogP contribution in [-0.2, 0) is 19.8 Å². The first-order chi connectivity index (χ1) is 18.2. The Morgan fingerprint density at radius 1 is 1.32 bits per heavy atom. The summed E-state index contributed by atoms with van der Waals surface area (Å²) in [6, 6.07) is 9.01. The number of fused-ring (bicyclic) bond motifs is 1. The monoisotopic (exact) mass is 535 g/mol. The van der Waals surface area contributed by atoms with Crippen LogP contribution in [0.1, 0.15) is 29.3 Å². The molecule has 0 unspecified atom stereocenters. The molecule has 194 valence electrons. The van der Waals surface area contributed by atoms with Gasteiger partial charge in [0.2, 0.25) is 5.91 Å². The number of benzene rings is 1. The van der Waals surface area contributed by atoms with Crippen LogP contribution in [0.5, 0.6) is 0 Å². The van der Waals surface area contributed by atoms with E-state index >= 15 is 4.39 Å². The molecule has 2 N–H and O–H groups in total. The van der Waals surface area contributed by atoms with Gasteiger partial charge in [0.1, 0.15) is 33.6 Å². The van der Waals surface area contributed by atoms with E-state index in [1.807, 2.05) is 6.07 Å². The molecule has 11 heteroatoms. The number of thioether (sulfide) groups is 1. The molecule has 4 heterocycles. The molecule has 2 saturated heterocycles. The summed E-state index contributed by atoms with van der Waals surface area (Å²) in [4.78, 5) is 24.1. The van der Waals surface area contributed by atoms with Gasteiger partial charge in [0, 0.05) is 18.3 Å². The van der Waals surface area contributed by atoms with Crippen molar-refractivity contribution in [1.29, 1.82) is 5.26 Å². The summed E-state index contributed by atoms with van der Waals surface area (Å²) >= 11 is 1.15. The standard InChI is InChI=1S/C27H23F2N5O3S/c1-25(18-8-16(2-4-19(18)28)9-20(29)21-5-3-17(11-30)12-32-21)22-10-27(22,38-24(31)33-25)23(35)34-6-7-37-26(13-34)14-36-15-26/h2-5,8-10,12H,6-7,13-15H2,1H3,(H2,31,33)/b20-9-/t25-,27+/m1/s1. The lowest BCUT2D eigenvalue weighted by Gasteiger charge is -2.48. The number of halogens is 2. The normalized spacial score (nSPS) is 27.5. The van der Waals surface area contributed by atoms with Gasteiger partial charge in [-0.1, -0.05) is 23.9 Å². The summed E-state index contributed by atoms with van der Waals surface area (Å²) in [5.41, 5.74) is 6.08. The molecule has 6 rings (SSSR count). The van der Waals surface area contributed by atoms with Gasteiger partial charge in [-0.05, 0) is 48.4 Å². The number of rotatable bonds is 4. The van der Waals surface area contributed by atoms with Gasteiger partial charge in [0.15, 0.2) is 5.17 Å². The number of nitrogens with zero attached hydrogens (tertiary/aromatic N) is 4. The van der Waals surface area contributed by atoms with E-state index in [1.54, 1.807) is 17.9 Å². The van der Waals surface area contributed by atoms with Gasteiger partial charge in [0.25, 0.3) is 0 Å². The van der Waals surface area contributed by atoms with Crippen molar-refractivity contribution in [2.24, 2.45) is 10.7 Å². The largest absolute Gasteiger partial charge is 0.378 e. The fourth-order valence-electron chi connectivity index (χ4n) is 5.23. The van der Waals surface area contributed by atoms with E-state index in [9.17, 15) is 9.18 Å². The fourth-order valence-corrected chi connectivity index (χ4v) is 6.49. The second-order valence-electron chi connectivity index (χ2n) is 9.94. The third-order valence-corrected chi connectivity index (χ3v) is 8.45. The SMILES string of the molecule is C[C@]1(c2cc(/C=C(\F)c3ccc(C#N)cn3)ccc2F)N=C(N)S[C@@]2(C(=O)N3CCOC4(COC4)C3)C=C21. The lowest BCUT2D eigenvalue weighted by molar-refractivity contribution is -0.236. The Morgan fingerprint density at radius 3 is 2.82 bits per heavy atom. The van der Waals surface area contributed by atoms with Crippen LogP contribution in [0.15, 0.2) is 53.2 Å². The molecule has 0 radical (unpaired) electrons. The summed E-state index contributed by atoms with van der Waals surface area (Å²) in [6.07, 6.45) is 4.31. The predicted molar refractivity (Wildman–Crippen MR) is 138 cm³/mol. The maximum Gasteiger partial charge on any atom is 0.247 e. The molecule has 0 saturated carbocycles. The van der Waals surface area contributed by atoms with Crippen LogP contribution < -0.4 is 5.73 Å². The number of aromatic nitrogens is 1. The van der Waals surface area contributed by atoms with Gasteiger partial charge in [-0.25, -0.2) is 13.8 Å². The molecule has 1 aromatic carbocycles. The molecule has 1 spiro atoms. The van der Waals surface area contributed by atoms with E-state index < -0.39 is 27.5 Å². The highest BCUT2D eigenvalue weighted by Gasteiger charge is 2.64. The Balaban J connectivity index is 1.30. The number of hydrogen-bond donors (Lipinski definition) is 1. The van der Waals surface area contributed by atoms with Gasteiger partial charge in [0.05, 0.1) is 37.6 Å². The summed E-state index contributed by atoms with van der Waals surface area (Å²) < 4.78 is 40.3. The predicted octanol–water partition coefficient (Wildman–Crippen LogP) is 3.14. The highest BCUT2D eigenvalue weighted by atomic mass is 32.2. The molecule has 2 aromatic rings. The molecule has 2 atom stereocenters. The first-order valence-electron chi connectivity index (χ1n) is 12.0. The molecule has 4 aliphatic rings. The van der Waals surface area contributed by atoms with E-state index in [1.165, 1.54) is 42.6 Å². The maximum atomic E-state index is 15.3. The third-order valence-electron chi connectivity index (χ3n) is 7.32. The fraction of sp³-hybridized carbons (Fsp3) is 0.333. The van der Waals surface area contributed by atoms with Crippen LogP contribution in [0.4, 0.5) is 8.78 Å². The highest BCUT2D eigenvalue weighted by Crippen LogP contribution is 2.61.